The molecule has 1 aliphatic rings. The van der Waals surface area contributed by atoms with Crippen molar-refractivity contribution in [3.8, 4) is 0 Å². The lowest BCUT2D eigenvalue weighted by Crippen LogP contribution is -2.26. The van der Waals surface area contributed by atoms with Crippen LogP contribution in [0.3, 0.4) is 0 Å². The summed E-state index contributed by atoms with van der Waals surface area (Å²) in [6, 6.07) is 1.82. The summed E-state index contributed by atoms with van der Waals surface area (Å²) < 4.78 is 1.80. The van der Waals surface area contributed by atoms with Gasteiger partial charge in [0.25, 0.3) is 0 Å². The molecule has 5 heteroatoms. The van der Waals surface area contributed by atoms with Crippen molar-refractivity contribution in [2.75, 3.05) is 5.75 Å². The number of hydrogen-bond acceptors (Lipinski definition) is 2. The molecule has 2 atom stereocenters. The van der Waals surface area contributed by atoms with Crippen LogP contribution in [0.4, 0.5) is 0 Å². The summed E-state index contributed by atoms with van der Waals surface area (Å²) in [5, 5.41) is 0.169. The molecule has 0 radical (unpaired) electrons. The second-order valence-corrected chi connectivity index (χ2v) is 10.7. The van der Waals surface area contributed by atoms with Crippen molar-refractivity contribution in [3.63, 3.8) is 0 Å². The Hall–Kier alpha value is -0.300. The first kappa shape index (κ1) is 23.0. The molecule has 0 amide bonds. The standard InChI is InChI=1S/C22H35INO2S/c1-3-5-7-9-10-12-14-18(13-11-8-6-4-2)17-27-21(25)19-15-16-24(23)20(19)22(27)26/h15-16,18H,3-14,17H2,1-2H3/q+1. The molecule has 152 valence electrons. The van der Waals surface area contributed by atoms with Crippen LogP contribution in [0.15, 0.2) is 12.3 Å². The van der Waals surface area contributed by atoms with Crippen LogP contribution in [0.25, 0.3) is 0 Å². The molecule has 0 saturated carbocycles. The van der Waals surface area contributed by atoms with Gasteiger partial charge >= 0.3 is 10.2 Å². The van der Waals surface area contributed by atoms with E-state index in [4.69, 9.17) is 0 Å². The molecule has 0 aliphatic carbocycles. The van der Waals surface area contributed by atoms with Gasteiger partial charge in [-0.15, -0.1) is 0 Å². The third-order valence-electron chi connectivity index (χ3n) is 5.54. The van der Waals surface area contributed by atoms with Gasteiger partial charge < -0.3 is 0 Å². The third kappa shape index (κ3) is 6.62. The fraction of sp³-hybridized carbons (Fsp3) is 0.727. The van der Waals surface area contributed by atoms with Crippen molar-refractivity contribution in [1.29, 1.82) is 0 Å². The van der Waals surface area contributed by atoms with E-state index in [9.17, 15) is 9.59 Å². The number of nitrogens with zero attached hydrogens (tertiary/aromatic N) is 1. The Labute approximate surface area is 181 Å². The average Bonchev–Trinajstić information content (AvgIpc) is 3.15. The van der Waals surface area contributed by atoms with E-state index in [1.807, 2.05) is 12.3 Å². The lowest BCUT2D eigenvalue weighted by molar-refractivity contribution is 0.107. The second-order valence-electron chi connectivity index (χ2n) is 7.79. The normalized spacial score (nSPS) is 17.5. The molecule has 0 aromatic carbocycles. The van der Waals surface area contributed by atoms with E-state index in [0.717, 1.165) is 5.75 Å². The lowest BCUT2D eigenvalue weighted by Gasteiger charge is -2.14. The Balaban J connectivity index is 1.88. The van der Waals surface area contributed by atoms with Crippen LogP contribution in [0.1, 0.15) is 112 Å². The van der Waals surface area contributed by atoms with Gasteiger partial charge in [-0.1, -0.05) is 78.1 Å². The zero-order valence-electron chi connectivity index (χ0n) is 17.0. The molecule has 3 nitrogen and oxygen atoms in total. The summed E-state index contributed by atoms with van der Waals surface area (Å²) in [5.41, 5.74) is 1.29. The summed E-state index contributed by atoms with van der Waals surface area (Å²) in [6.45, 7) is 4.49. The number of unbranched alkanes of at least 4 members (excludes halogenated alkanes) is 8. The summed E-state index contributed by atoms with van der Waals surface area (Å²) in [6.07, 6.45) is 17.0. The highest BCUT2D eigenvalue weighted by atomic mass is 127. The number of carbonyl (C=O) groups excluding carboxylic acids is 2. The van der Waals surface area contributed by atoms with Crippen molar-refractivity contribution in [2.24, 2.45) is 5.92 Å². The van der Waals surface area contributed by atoms with Gasteiger partial charge in [-0.2, -0.15) is 0 Å². The summed E-state index contributed by atoms with van der Waals surface area (Å²) >= 11 is 2.11. The highest BCUT2D eigenvalue weighted by Gasteiger charge is 2.52. The molecule has 1 aliphatic heterocycles. The zero-order valence-corrected chi connectivity index (χ0v) is 19.9. The van der Waals surface area contributed by atoms with Crippen LogP contribution in [0.2, 0.25) is 0 Å². The second kappa shape index (κ2) is 12.3. The highest BCUT2D eigenvalue weighted by molar-refractivity contribution is 14.1. The Morgan fingerprint density at radius 3 is 2.04 bits per heavy atom. The SMILES string of the molecule is CCCCCCCCC(CCCCCC)C[S+]1C(=O)c2ccn(I)c2C1=O. The fourth-order valence-electron chi connectivity index (χ4n) is 3.88. The molecule has 2 unspecified atom stereocenters. The molecule has 0 N–H and O–H groups in total. The maximum Gasteiger partial charge on any atom is 0.388 e. The minimum Gasteiger partial charge on any atom is -0.282 e. The Morgan fingerprint density at radius 2 is 1.44 bits per heavy atom. The van der Waals surface area contributed by atoms with Crippen LogP contribution >= 0.6 is 22.9 Å². The molecule has 27 heavy (non-hydrogen) atoms. The smallest absolute Gasteiger partial charge is 0.282 e. The highest BCUT2D eigenvalue weighted by Crippen LogP contribution is 2.32. The van der Waals surface area contributed by atoms with Gasteiger partial charge in [-0.3, -0.25) is 2.78 Å². The van der Waals surface area contributed by atoms with Gasteiger partial charge in [0.15, 0.2) is 5.69 Å². The predicted octanol–water partition coefficient (Wildman–Crippen LogP) is 6.94. The number of carbonyl (C=O) groups is 2. The maximum atomic E-state index is 12.8. The van der Waals surface area contributed by atoms with E-state index in [1.165, 1.54) is 77.0 Å². The number of hydrogen-bond donors (Lipinski definition) is 0. The summed E-state index contributed by atoms with van der Waals surface area (Å²) in [4.78, 5) is 25.6. The zero-order chi connectivity index (χ0) is 19.6. The van der Waals surface area contributed by atoms with Crippen molar-refractivity contribution < 1.29 is 9.59 Å². The van der Waals surface area contributed by atoms with Crippen LogP contribution in [-0.2, 0) is 10.9 Å². The van der Waals surface area contributed by atoms with Gasteiger partial charge in [-0.25, -0.2) is 9.59 Å². The largest absolute Gasteiger partial charge is 0.388 e. The van der Waals surface area contributed by atoms with Crippen molar-refractivity contribution in [1.82, 2.24) is 2.78 Å². The first-order valence-corrected chi connectivity index (χ1v) is 13.1. The minimum absolute atomic E-state index is 0.0795. The van der Waals surface area contributed by atoms with Gasteiger partial charge in [0.2, 0.25) is 0 Å². The molecule has 0 saturated heterocycles. The van der Waals surface area contributed by atoms with Gasteiger partial charge in [0.1, 0.15) is 22.2 Å². The Bertz CT molecular complexity index is 613. The quantitative estimate of drug-likeness (QED) is 0.157. The maximum absolute atomic E-state index is 12.8. The van der Waals surface area contributed by atoms with Crippen LogP contribution < -0.4 is 0 Å². The van der Waals surface area contributed by atoms with Gasteiger partial charge in [-0.05, 0) is 18.9 Å². The molecular weight excluding hydrogens is 469 g/mol. The lowest BCUT2D eigenvalue weighted by atomic mass is 9.96. The van der Waals surface area contributed by atoms with Crippen LogP contribution in [0.5, 0.6) is 0 Å². The number of rotatable bonds is 14. The average molecular weight is 504 g/mol. The Morgan fingerprint density at radius 1 is 0.889 bits per heavy atom. The van der Waals surface area contributed by atoms with E-state index in [-0.39, 0.29) is 10.2 Å². The van der Waals surface area contributed by atoms with E-state index in [2.05, 4.69) is 36.7 Å². The van der Waals surface area contributed by atoms with E-state index < -0.39 is 10.9 Å². The Kier molecular flexibility index (Phi) is 10.5. The summed E-state index contributed by atoms with van der Waals surface area (Å²) in [7, 11) is -0.743. The third-order valence-corrected chi connectivity index (χ3v) is 8.45. The van der Waals surface area contributed by atoms with Crippen LogP contribution in [0, 0.1) is 5.92 Å². The summed E-state index contributed by atoms with van der Waals surface area (Å²) in [5.74, 6) is 1.31. The number of aromatic nitrogens is 1. The molecular formula is C22H35INO2S+. The number of halogens is 1. The molecule has 0 bridgehead atoms. The van der Waals surface area contributed by atoms with Crippen molar-refractivity contribution in [3.05, 3.63) is 23.5 Å². The monoisotopic (exact) mass is 504 g/mol. The molecule has 0 fully saturated rings. The molecule has 0 spiro atoms. The van der Waals surface area contributed by atoms with Crippen LogP contribution in [-0.4, -0.2) is 18.8 Å². The van der Waals surface area contributed by atoms with E-state index in [1.54, 1.807) is 2.78 Å². The van der Waals surface area contributed by atoms with Gasteiger partial charge in [0.05, 0.1) is 22.9 Å². The van der Waals surface area contributed by atoms with Crippen molar-refractivity contribution in [2.45, 2.75) is 90.9 Å². The van der Waals surface area contributed by atoms with Gasteiger partial charge in [0, 0.05) is 12.1 Å². The fourth-order valence-corrected chi connectivity index (χ4v) is 6.83. The van der Waals surface area contributed by atoms with E-state index in [0.29, 0.717) is 17.2 Å². The van der Waals surface area contributed by atoms with Crippen molar-refractivity contribution >= 4 is 44.0 Å². The first-order valence-electron chi connectivity index (χ1n) is 10.8. The van der Waals surface area contributed by atoms with E-state index >= 15 is 0 Å². The molecule has 2 heterocycles. The topological polar surface area (TPSA) is 39.1 Å². The minimum atomic E-state index is -0.743. The first-order chi connectivity index (χ1) is 13.1. The molecule has 1 aromatic heterocycles. The molecule has 2 rings (SSSR count). The molecule has 1 aromatic rings. The number of fused-ring (bicyclic) bond motifs is 1. The predicted molar refractivity (Wildman–Crippen MR) is 125 cm³/mol.